The summed E-state index contributed by atoms with van der Waals surface area (Å²) >= 11 is 1.66. The van der Waals surface area contributed by atoms with E-state index in [0.29, 0.717) is 30.6 Å². The van der Waals surface area contributed by atoms with Gasteiger partial charge < -0.3 is 4.90 Å². The molecule has 0 aromatic heterocycles. The number of benzene rings is 2. The fraction of sp³-hybridized carbons (Fsp3) is 0.278. The molecule has 1 heterocycles. The van der Waals surface area contributed by atoms with Gasteiger partial charge in [-0.2, -0.15) is 11.8 Å². The van der Waals surface area contributed by atoms with Crippen LogP contribution in [-0.2, 0) is 0 Å². The van der Waals surface area contributed by atoms with E-state index in [0.717, 1.165) is 5.75 Å². The van der Waals surface area contributed by atoms with Crippen LogP contribution in [0.25, 0.3) is 0 Å². The van der Waals surface area contributed by atoms with Crippen LogP contribution in [0, 0.1) is 11.6 Å². The van der Waals surface area contributed by atoms with Crippen molar-refractivity contribution in [1.82, 2.24) is 4.90 Å². The molecule has 0 spiro atoms. The number of halogens is 2. The van der Waals surface area contributed by atoms with Crippen molar-refractivity contribution in [2.75, 3.05) is 18.8 Å². The molecule has 0 aliphatic carbocycles. The number of amides is 1. The van der Waals surface area contributed by atoms with Gasteiger partial charge in [-0.05, 0) is 30.7 Å². The molecular weight excluding hydrogens is 316 g/mol. The van der Waals surface area contributed by atoms with E-state index in [2.05, 4.69) is 0 Å². The Bertz CT molecular complexity index is 707. The van der Waals surface area contributed by atoms with E-state index in [4.69, 9.17) is 0 Å². The van der Waals surface area contributed by atoms with Crippen molar-refractivity contribution >= 4 is 17.7 Å². The zero-order valence-corrected chi connectivity index (χ0v) is 13.4. The normalized spacial score (nSPS) is 18.5. The summed E-state index contributed by atoms with van der Waals surface area (Å²) in [6.45, 7) is 1.13. The van der Waals surface area contributed by atoms with Gasteiger partial charge in [0.05, 0.1) is 0 Å². The standard InChI is InChI=1S/C18H17F2NOS/c19-14-5-3-4-13(12-14)18(22)21-9-8-17(23-11-10-21)15-6-1-2-7-16(15)20/h1-7,12,17H,8-11H2. The Hall–Kier alpha value is -1.88. The monoisotopic (exact) mass is 333 g/mol. The molecule has 1 atom stereocenters. The maximum Gasteiger partial charge on any atom is 0.253 e. The van der Waals surface area contributed by atoms with Crippen molar-refractivity contribution in [3.05, 3.63) is 71.3 Å². The molecule has 0 N–H and O–H groups in total. The van der Waals surface area contributed by atoms with Gasteiger partial charge in [0.15, 0.2) is 0 Å². The Morgan fingerprint density at radius 1 is 1.09 bits per heavy atom. The van der Waals surface area contributed by atoms with Crippen molar-refractivity contribution in [3.63, 3.8) is 0 Å². The van der Waals surface area contributed by atoms with E-state index < -0.39 is 5.82 Å². The van der Waals surface area contributed by atoms with E-state index in [1.54, 1.807) is 34.9 Å². The highest BCUT2D eigenvalue weighted by atomic mass is 32.2. The van der Waals surface area contributed by atoms with Crippen molar-refractivity contribution in [1.29, 1.82) is 0 Å². The number of carbonyl (C=O) groups excluding carboxylic acids is 1. The Morgan fingerprint density at radius 2 is 1.91 bits per heavy atom. The van der Waals surface area contributed by atoms with E-state index in [1.807, 2.05) is 6.07 Å². The summed E-state index contributed by atoms with van der Waals surface area (Å²) in [6.07, 6.45) is 0.687. The second-order valence-corrected chi connectivity index (χ2v) is 6.78. The number of hydrogen-bond acceptors (Lipinski definition) is 2. The first-order valence-electron chi connectivity index (χ1n) is 7.56. The zero-order valence-electron chi connectivity index (χ0n) is 12.5. The second-order valence-electron chi connectivity index (χ2n) is 5.47. The van der Waals surface area contributed by atoms with E-state index >= 15 is 0 Å². The number of carbonyl (C=O) groups is 1. The Labute approximate surface area is 138 Å². The summed E-state index contributed by atoms with van der Waals surface area (Å²) in [7, 11) is 0. The van der Waals surface area contributed by atoms with E-state index in [9.17, 15) is 13.6 Å². The molecule has 1 amide bonds. The van der Waals surface area contributed by atoms with Gasteiger partial charge in [0.2, 0.25) is 0 Å². The van der Waals surface area contributed by atoms with Crippen LogP contribution in [0.2, 0.25) is 0 Å². The molecule has 5 heteroatoms. The average Bonchev–Trinajstić information content (AvgIpc) is 2.80. The molecule has 1 fully saturated rings. The summed E-state index contributed by atoms with van der Waals surface area (Å²) in [5.74, 6) is -0.0430. The quantitative estimate of drug-likeness (QED) is 0.817. The molecule has 0 saturated carbocycles. The molecule has 120 valence electrons. The highest BCUT2D eigenvalue weighted by Crippen LogP contribution is 2.35. The lowest BCUT2D eigenvalue weighted by molar-refractivity contribution is 0.0766. The second kappa shape index (κ2) is 7.13. The molecule has 0 bridgehead atoms. The van der Waals surface area contributed by atoms with Crippen LogP contribution in [0.4, 0.5) is 8.78 Å². The highest BCUT2D eigenvalue weighted by molar-refractivity contribution is 7.99. The van der Waals surface area contributed by atoms with Gasteiger partial charge in [0.1, 0.15) is 11.6 Å². The average molecular weight is 333 g/mol. The minimum atomic E-state index is -0.413. The molecule has 2 nitrogen and oxygen atoms in total. The van der Waals surface area contributed by atoms with Crippen LogP contribution in [-0.4, -0.2) is 29.6 Å². The highest BCUT2D eigenvalue weighted by Gasteiger charge is 2.24. The Balaban J connectivity index is 1.71. The summed E-state index contributed by atoms with van der Waals surface area (Å²) < 4.78 is 27.2. The topological polar surface area (TPSA) is 20.3 Å². The lowest BCUT2D eigenvalue weighted by Crippen LogP contribution is -2.33. The van der Waals surface area contributed by atoms with Gasteiger partial charge in [0.25, 0.3) is 5.91 Å². The largest absolute Gasteiger partial charge is 0.338 e. The molecule has 23 heavy (non-hydrogen) atoms. The number of hydrogen-bond donors (Lipinski definition) is 0. The van der Waals surface area contributed by atoms with Crippen molar-refractivity contribution in [2.24, 2.45) is 0 Å². The van der Waals surface area contributed by atoms with Gasteiger partial charge in [0, 0.05) is 35.2 Å². The summed E-state index contributed by atoms with van der Waals surface area (Å²) in [6, 6.07) is 12.5. The van der Waals surface area contributed by atoms with E-state index in [-0.39, 0.29) is 17.0 Å². The van der Waals surface area contributed by atoms with Gasteiger partial charge in [-0.3, -0.25) is 4.79 Å². The van der Waals surface area contributed by atoms with Crippen LogP contribution >= 0.6 is 11.8 Å². The van der Waals surface area contributed by atoms with Gasteiger partial charge >= 0.3 is 0 Å². The summed E-state index contributed by atoms with van der Waals surface area (Å²) in [5, 5.41) is 0.0431. The predicted octanol–water partition coefficient (Wildman–Crippen LogP) is 4.29. The molecule has 0 radical (unpaired) electrons. The Kier molecular flexibility index (Phi) is 4.96. The fourth-order valence-corrected chi connectivity index (χ4v) is 4.02. The molecule has 2 aromatic rings. The van der Waals surface area contributed by atoms with Crippen LogP contribution in [0.5, 0.6) is 0 Å². The third-order valence-electron chi connectivity index (χ3n) is 3.95. The smallest absolute Gasteiger partial charge is 0.253 e. The van der Waals surface area contributed by atoms with Crippen LogP contribution in [0.3, 0.4) is 0 Å². The third-order valence-corrected chi connectivity index (χ3v) is 5.26. The molecule has 1 aliphatic heterocycles. The lowest BCUT2D eigenvalue weighted by Gasteiger charge is -2.20. The molecule has 3 rings (SSSR count). The van der Waals surface area contributed by atoms with Crippen LogP contribution in [0.15, 0.2) is 48.5 Å². The van der Waals surface area contributed by atoms with Gasteiger partial charge in [-0.1, -0.05) is 24.3 Å². The first kappa shape index (κ1) is 16.0. The van der Waals surface area contributed by atoms with E-state index in [1.165, 1.54) is 24.3 Å². The van der Waals surface area contributed by atoms with Gasteiger partial charge in [-0.25, -0.2) is 8.78 Å². The first-order valence-corrected chi connectivity index (χ1v) is 8.61. The van der Waals surface area contributed by atoms with Crippen LogP contribution < -0.4 is 0 Å². The SMILES string of the molecule is O=C(c1cccc(F)c1)N1CCSC(c2ccccc2F)CC1. The Morgan fingerprint density at radius 3 is 2.70 bits per heavy atom. The molecule has 1 unspecified atom stereocenters. The number of rotatable bonds is 2. The number of nitrogens with zero attached hydrogens (tertiary/aromatic N) is 1. The molecule has 1 aliphatic rings. The predicted molar refractivity (Wildman–Crippen MR) is 88.5 cm³/mol. The van der Waals surface area contributed by atoms with Crippen molar-refractivity contribution in [2.45, 2.75) is 11.7 Å². The van der Waals surface area contributed by atoms with Crippen molar-refractivity contribution in [3.8, 4) is 0 Å². The minimum absolute atomic E-state index is 0.0431. The fourth-order valence-electron chi connectivity index (χ4n) is 2.76. The lowest BCUT2D eigenvalue weighted by atomic mass is 10.1. The minimum Gasteiger partial charge on any atom is -0.338 e. The molecule has 2 aromatic carbocycles. The van der Waals surface area contributed by atoms with Crippen molar-refractivity contribution < 1.29 is 13.6 Å². The van der Waals surface area contributed by atoms with Crippen LogP contribution in [0.1, 0.15) is 27.6 Å². The first-order chi connectivity index (χ1) is 11.1. The zero-order chi connectivity index (χ0) is 16.2. The molecular formula is C18H17F2NOS. The molecule has 1 saturated heterocycles. The maximum absolute atomic E-state index is 13.9. The maximum atomic E-state index is 13.9. The summed E-state index contributed by atoms with van der Waals surface area (Å²) in [4.78, 5) is 14.2. The third kappa shape index (κ3) is 3.72. The summed E-state index contributed by atoms with van der Waals surface area (Å²) in [5.41, 5.74) is 1.05. The number of thioether (sulfide) groups is 1. The van der Waals surface area contributed by atoms with Gasteiger partial charge in [-0.15, -0.1) is 0 Å².